The minimum Gasteiger partial charge on any atom is -0.378 e. The Bertz CT molecular complexity index is 677. The summed E-state index contributed by atoms with van der Waals surface area (Å²) in [6.07, 6.45) is 0. The number of carbonyl (C=O) groups excluding carboxylic acids is 2. The van der Waals surface area contributed by atoms with Crippen molar-refractivity contribution in [3.63, 3.8) is 0 Å². The smallest absolute Gasteiger partial charge is 0.285 e. The number of halogens is 2. The Hall–Kier alpha value is -2.62. The molecule has 1 unspecified atom stereocenters. The van der Waals surface area contributed by atoms with Gasteiger partial charge < -0.3 is 15.0 Å². The number of rotatable bonds is 4. The lowest BCUT2D eigenvalue weighted by molar-refractivity contribution is -0.385. The lowest BCUT2D eigenvalue weighted by Gasteiger charge is -2.29. The van der Waals surface area contributed by atoms with E-state index in [-0.39, 0.29) is 0 Å². The Labute approximate surface area is 135 Å². The van der Waals surface area contributed by atoms with Crippen LogP contribution in [0.4, 0.5) is 14.5 Å². The Morgan fingerprint density at radius 1 is 1.29 bits per heavy atom. The second-order valence-electron chi connectivity index (χ2n) is 5.17. The molecule has 24 heavy (non-hydrogen) atoms. The first-order valence-electron chi connectivity index (χ1n) is 7.12. The number of nitrogens with zero attached hydrogens (tertiary/aromatic N) is 2. The summed E-state index contributed by atoms with van der Waals surface area (Å²) in [4.78, 5) is 35.7. The molecule has 1 aromatic rings. The number of carbonyl (C=O) groups is 2. The fourth-order valence-electron chi connectivity index (χ4n) is 2.26. The van der Waals surface area contributed by atoms with Crippen molar-refractivity contribution in [3.8, 4) is 0 Å². The van der Waals surface area contributed by atoms with Gasteiger partial charge in [-0.05, 0) is 13.0 Å². The third kappa shape index (κ3) is 3.82. The summed E-state index contributed by atoms with van der Waals surface area (Å²) in [5.74, 6) is -4.25. The quantitative estimate of drug-likeness (QED) is 0.645. The molecule has 130 valence electrons. The van der Waals surface area contributed by atoms with Crippen LogP contribution >= 0.6 is 0 Å². The number of amides is 2. The fourth-order valence-corrected chi connectivity index (χ4v) is 2.26. The zero-order valence-corrected chi connectivity index (χ0v) is 12.8. The second-order valence-corrected chi connectivity index (χ2v) is 5.17. The van der Waals surface area contributed by atoms with Crippen LogP contribution in [0.3, 0.4) is 0 Å². The first kappa shape index (κ1) is 17.7. The number of nitro groups is 1. The van der Waals surface area contributed by atoms with Crippen LogP contribution in [0.5, 0.6) is 0 Å². The van der Waals surface area contributed by atoms with Crippen molar-refractivity contribution in [1.29, 1.82) is 0 Å². The van der Waals surface area contributed by atoms with E-state index < -0.39 is 45.7 Å². The monoisotopic (exact) mass is 343 g/mol. The van der Waals surface area contributed by atoms with Gasteiger partial charge >= 0.3 is 0 Å². The lowest BCUT2D eigenvalue weighted by Crippen LogP contribution is -2.50. The van der Waals surface area contributed by atoms with Gasteiger partial charge in [0.25, 0.3) is 11.6 Å². The van der Waals surface area contributed by atoms with Crippen LogP contribution in [0.2, 0.25) is 0 Å². The van der Waals surface area contributed by atoms with Crippen LogP contribution in [-0.2, 0) is 9.53 Å². The number of morpholine rings is 1. The van der Waals surface area contributed by atoms with Gasteiger partial charge in [0.1, 0.15) is 11.6 Å². The van der Waals surface area contributed by atoms with E-state index in [1.807, 2.05) is 0 Å². The van der Waals surface area contributed by atoms with Gasteiger partial charge in [0, 0.05) is 13.1 Å². The number of nitrogens with one attached hydrogen (secondary N) is 1. The molecule has 1 fully saturated rings. The van der Waals surface area contributed by atoms with Crippen LogP contribution in [0.25, 0.3) is 0 Å². The molecule has 10 heteroatoms. The van der Waals surface area contributed by atoms with Crippen molar-refractivity contribution in [2.45, 2.75) is 13.0 Å². The first-order valence-corrected chi connectivity index (χ1v) is 7.12. The predicted octanol–water partition coefficient (Wildman–Crippen LogP) is 0.850. The number of hydrogen-bond acceptors (Lipinski definition) is 5. The summed E-state index contributed by atoms with van der Waals surface area (Å²) in [6.45, 7) is 2.89. The minimum absolute atomic E-state index is 0.332. The molecule has 1 aromatic carbocycles. The van der Waals surface area contributed by atoms with Gasteiger partial charge in [-0.25, -0.2) is 8.78 Å². The van der Waals surface area contributed by atoms with Crippen molar-refractivity contribution in [2.75, 3.05) is 26.3 Å². The molecular formula is C14H15F2N3O5. The summed E-state index contributed by atoms with van der Waals surface area (Å²) in [7, 11) is 0. The second kappa shape index (κ2) is 7.30. The number of ether oxygens (including phenoxy) is 1. The van der Waals surface area contributed by atoms with Crippen LogP contribution in [-0.4, -0.2) is 54.0 Å². The summed E-state index contributed by atoms with van der Waals surface area (Å²) >= 11 is 0. The summed E-state index contributed by atoms with van der Waals surface area (Å²) in [6, 6.07) is -0.212. The Kier molecular flexibility index (Phi) is 5.39. The standard InChI is InChI=1S/C14H15F2N3O5/c1-8(14(21)18-2-4-24-5-3-18)17-13(20)9-6-10(15)11(16)7-12(9)19(22)23/h6-8H,2-5H2,1H3,(H,17,20). The first-order chi connectivity index (χ1) is 11.3. The third-order valence-corrected chi connectivity index (χ3v) is 3.52. The number of benzene rings is 1. The Morgan fingerprint density at radius 2 is 1.88 bits per heavy atom. The van der Waals surface area contributed by atoms with E-state index in [0.717, 1.165) is 0 Å². The van der Waals surface area contributed by atoms with Gasteiger partial charge in [-0.2, -0.15) is 0 Å². The van der Waals surface area contributed by atoms with Crippen molar-refractivity contribution in [1.82, 2.24) is 10.2 Å². The van der Waals surface area contributed by atoms with E-state index >= 15 is 0 Å². The van der Waals surface area contributed by atoms with Gasteiger partial charge in [-0.3, -0.25) is 19.7 Å². The van der Waals surface area contributed by atoms with Crippen LogP contribution in [0, 0.1) is 21.7 Å². The lowest BCUT2D eigenvalue weighted by atomic mass is 10.1. The van der Waals surface area contributed by atoms with E-state index in [1.165, 1.54) is 11.8 Å². The molecular weight excluding hydrogens is 328 g/mol. The van der Waals surface area contributed by atoms with Crippen molar-refractivity contribution in [3.05, 3.63) is 39.4 Å². The highest BCUT2D eigenvalue weighted by atomic mass is 19.2. The summed E-state index contributed by atoms with van der Waals surface area (Å²) in [5, 5.41) is 13.2. The summed E-state index contributed by atoms with van der Waals surface area (Å²) < 4.78 is 31.5. The summed E-state index contributed by atoms with van der Waals surface area (Å²) in [5.41, 5.74) is -1.53. The molecule has 2 amide bonds. The van der Waals surface area contributed by atoms with Gasteiger partial charge in [0.05, 0.1) is 24.2 Å². The molecule has 1 aliphatic rings. The van der Waals surface area contributed by atoms with E-state index in [9.17, 15) is 28.5 Å². The average Bonchev–Trinajstić information content (AvgIpc) is 2.56. The van der Waals surface area contributed by atoms with E-state index in [0.29, 0.717) is 38.4 Å². The normalized spacial score (nSPS) is 15.7. The highest BCUT2D eigenvalue weighted by molar-refractivity contribution is 6.00. The van der Waals surface area contributed by atoms with Crippen molar-refractivity contribution in [2.24, 2.45) is 0 Å². The molecule has 0 radical (unpaired) electrons. The van der Waals surface area contributed by atoms with Gasteiger partial charge in [0.15, 0.2) is 11.6 Å². The molecule has 0 spiro atoms. The zero-order chi connectivity index (χ0) is 17.9. The van der Waals surface area contributed by atoms with E-state index in [2.05, 4.69) is 5.32 Å². The van der Waals surface area contributed by atoms with E-state index in [1.54, 1.807) is 0 Å². The van der Waals surface area contributed by atoms with E-state index in [4.69, 9.17) is 4.74 Å². The molecule has 0 saturated carbocycles. The van der Waals surface area contributed by atoms with Crippen LogP contribution < -0.4 is 5.32 Å². The molecule has 0 bridgehead atoms. The Balaban J connectivity index is 2.15. The fraction of sp³-hybridized carbons (Fsp3) is 0.429. The maximum atomic E-state index is 13.3. The highest BCUT2D eigenvalue weighted by Gasteiger charge is 2.28. The molecule has 0 aliphatic carbocycles. The molecule has 8 nitrogen and oxygen atoms in total. The maximum Gasteiger partial charge on any atom is 0.285 e. The maximum absolute atomic E-state index is 13.3. The number of hydrogen-bond donors (Lipinski definition) is 1. The van der Waals surface area contributed by atoms with Crippen LogP contribution in [0.1, 0.15) is 17.3 Å². The van der Waals surface area contributed by atoms with Crippen molar-refractivity contribution < 1.29 is 28.0 Å². The molecule has 1 atom stereocenters. The molecule has 0 aromatic heterocycles. The van der Waals surface area contributed by atoms with Gasteiger partial charge in [-0.1, -0.05) is 0 Å². The molecule has 1 N–H and O–H groups in total. The molecule has 1 heterocycles. The van der Waals surface area contributed by atoms with Gasteiger partial charge in [-0.15, -0.1) is 0 Å². The minimum atomic E-state index is -1.43. The molecule has 1 aliphatic heterocycles. The molecule has 2 rings (SSSR count). The largest absolute Gasteiger partial charge is 0.378 e. The van der Waals surface area contributed by atoms with Crippen LogP contribution in [0.15, 0.2) is 12.1 Å². The van der Waals surface area contributed by atoms with Gasteiger partial charge in [0.2, 0.25) is 5.91 Å². The highest BCUT2D eigenvalue weighted by Crippen LogP contribution is 2.22. The van der Waals surface area contributed by atoms with Crippen molar-refractivity contribution >= 4 is 17.5 Å². The third-order valence-electron chi connectivity index (χ3n) is 3.52. The predicted molar refractivity (Wildman–Crippen MR) is 77.3 cm³/mol. The number of nitro benzene ring substituents is 1. The zero-order valence-electron chi connectivity index (χ0n) is 12.8. The Morgan fingerprint density at radius 3 is 2.46 bits per heavy atom. The SMILES string of the molecule is CC(NC(=O)c1cc(F)c(F)cc1[N+](=O)[O-])C(=O)N1CCOCC1. The topological polar surface area (TPSA) is 102 Å². The average molecular weight is 343 g/mol. The molecule has 1 saturated heterocycles.